The van der Waals surface area contributed by atoms with E-state index in [4.69, 9.17) is 15.6 Å². The van der Waals surface area contributed by atoms with Crippen molar-refractivity contribution < 1.29 is 14.6 Å². The van der Waals surface area contributed by atoms with E-state index in [0.29, 0.717) is 26.2 Å². The number of hydrogen-bond acceptors (Lipinski definition) is 3. The Morgan fingerprint density at radius 2 is 2.39 bits per heavy atom. The molecule has 0 radical (unpaired) electrons. The van der Waals surface area contributed by atoms with Gasteiger partial charge < -0.3 is 20.5 Å². The summed E-state index contributed by atoms with van der Waals surface area (Å²) in [5.74, 6) is 0. The van der Waals surface area contributed by atoms with Crippen LogP contribution in [0.3, 0.4) is 0 Å². The second-order valence-corrected chi connectivity index (χ2v) is 4.86. The van der Waals surface area contributed by atoms with Crippen molar-refractivity contribution in [2.45, 2.75) is 31.3 Å². The zero-order valence-corrected chi connectivity index (χ0v) is 10.4. The molecule has 0 spiro atoms. The van der Waals surface area contributed by atoms with Crippen LogP contribution in [-0.4, -0.2) is 47.9 Å². The Morgan fingerprint density at radius 1 is 1.56 bits per heavy atom. The van der Waals surface area contributed by atoms with Gasteiger partial charge in [-0.3, -0.25) is 0 Å². The van der Waals surface area contributed by atoms with Crippen LogP contribution in [0.15, 0.2) is 23.8 Å². The molecule has 1 unspecified atom stereocenters. The summed E-state index contributed by atoms with van der Waals surface area (Å²) in [6.45, 7) is 1.38. The van der Waals surface area contributed by atoms with Gasteiger partial charge in [-0.05, 0) is 24.8 Å². The minimum Gasteiger partial charge on any atom is -0.465 e. The molecule has 0 saturated carbocycles. The van der Waals surface area contributed by atoms with Crippen LogP contribution in [0.25, 0.3) is 0 Å². The van der Waals surface area contributed by atoms with Gasteiger partial charge in [0.05, 0.1) is 19.3 Å². The van der Waals surface area contributed by atoms with E-state index >= 15 is 0 Å². The van der Waals surface area contributed by atoms with Gasteiger partial charge in [-0.15, -0.1) is 0 Å². The SMILES string of the molecule is NC1C[C@@H](COCC2=CCCC=C2)N(C(=O)O)C1. The Labute approximate surface area is 107 Å². The van der Waals surface area contributed by atoms with Gasteiger partial charge in [0.1, 0.15) is 0 Å². The van der Waals surface area contributed by atoms with Crippen LogP contribution in [0, 0.1) is 0 Å². The van der Waals surface area contributed by atoms with Crippen LogP contribution in [0.2, 0.25) is 0 Å². The quantitative estimate of drug-likeness (QED) is 0.792. The molecule has 1 aliphatic carbocycles. The van der Waals surface area contributed by atoms with E-state index in [2.05, 4.69) is 18.2 Å². The summed E-state index contributed by atoms with van der Waals surface area (Å²) in [4.78, 5) is 12.4. The highest BCUT2D eigenvalue weighted by Crippen LogP contribution is 2.17. The Hall–Kier alpha value is -1.33. The van der Waals surface area contributed by atoms with E-state index in [1.54, 1.807) is 0 Å². The Kier molecular flexibility index (Phi) is 4.38. The number of carbonyl (C=O) groups is 1. The standard InChI is InChI=1S/C13H20N2O3/c14-11-6-12(15(7-11)13(16)17)9-18-8-10-4-2-1-3-5-10/h2,4-5,11-12H,1,3,6-9,14H2,(H,16,17)/t11?,12-/m0/s1. The molecule has 18 heavy (non-hydrogen) atoms. The summed E-state index contributed by atoms with van der Waals surface area (Å²) in [6, 6.07) is -0.172. The molecule has 0 aromatic heterocycles. The summed E-state index contributed by atoms with van der Waals surface area (Å²) < 4.78 is 5.61. The number of carboxylic acid groups (broad SMARTS) is 1. The predicted octanol–water partition coefficient (Wildman–Crippen LogP) is 1.36. The predicted molar refractivity (Wildman–Crippen MR) is 68.4 cm³/mol. The summed E-state index contributed by atoms with van der Waals surface area (Å²) >= 11 is 0. The summed E-state index contributed by atoms with van der Waals surface area (Å²) in [5, 5.41) is 9.04. The number of amides is 1. The van der Waals surface area contributed by atoms with Gasteiger partial charge in [-0.1, -0.05) is 18.2 Å². The monoisotopic (exact) mass is 252 g/mol. The molecular formula is C13H20N2O3. The number of likely N-dealkylation sites (tertiary alicyclic amines) is 1. The number of ether oxygens (including phenoxy) is 1. The second kappa shape index (κ2) is 6.02. The highest BCUT2D eigenvalue weighted by atomic mass is 16.5. The first-order valence-electron chi connectivity index (χ1n) is 6.35. The first-order valence-corrected chi connectivity index (χ1v) is 6.35. The van der Waals surface area contributed by atoms with Gasteiger partial charge in [0.25, 0.3) is 0 Å². The number of nitrogens with zero attached hydrogens (tertiary/aromatic N) is 1. The lowest BCUT2D eigenvalue weighted by Gasteiger charge is -2.21. The van der Waals surface area contributed by atoms with Gasteiger partial charge in [0, 0.05) is 12.6 Å². The highest BCUT2D eigenvalue weighted by molar-refractivity contribution is 5.66. The fourth-order valence-corrected chi connectivity index (χ4v) is 2.43. The van der Waals surface area contributed by atoms with E-state index in [9.17, 15) is 4.79 Å². The van der Waals surface area contributed by atoms with E-state index in [0.717, 1.165) is 12.8 Å². The molecule has 1 heterocycles. The first kappa shape index (κ1) is 13.1. The molecule has 3 N–H and O–H groups in total. The van der Waals surface area contributed by atoms with Gasteiger partial charge >= 0.3 is 6.09 Å². The molecule has 1 fully saturated rings. The van der Waals surface area contributed by atoms with Crippen molar-refractivity contribution in [2.24, 2.45) is 5.73 Å². The molecule has 0 aromatic carbocycles. The maximum atomic E-state index is 11.0. The van der Waals surface area contributed by atoms with Gasteiger partial charge in [-0.25, -0.2) is 4.79 Å². The molecule has 100 valence electrons. The van der Waals surface area contributed by atoms with Crippen molar-refractivity contribution in [1.82, 2.24) is 4.90 Å². The molecule has 1 amide bonds. The Morgan fingerprint density at radius 3 is 3.06 bits per heavy atom. The van der Waals surface area contributed by atoms with Crippen LogP contribution in [-0.2, 0) is 4.74 Å². The molecule has 2 atom stereocenters. The fraction of sp³-hybridized carbons (Fsp3) is 0.615. The lowest BCUT2D eigenvalue weighted by Crippen LogP contribution is -2.37. The molecule has 0 bridgehead atoms. The average molecular weight is 252 g/mol. The Bertz CT molecular complexity index is 365. The maximum absolute atomic E-state index is 11.0. The van der Waals surface area contributed by atoms with Gasteiger partial charge in [0.2, 0.25) is 0 Å². The lowest BCUT2D eigenvalue weighted by atomic mass is 10.1. The average Bonchev–Trinajstić information content (AvgIpc) is 2.72. The van der Waals surface area contributed by atoms with E-state index in [-0.39, 0.29) is 12.1 Å². The molecular weight excluding hydrogens is 232 g/mol. The molecule has 2 aliphatic rings. The van der Waals surface area contributed by atoms with Crippen LogP contribution < -0.4 is 5.73 Å². The minimum absolute atomic E-state index is 0.0662. The zero-order chi connectivity index (χ0) is 13.0. The zero-order valence-electron chi connectivity index (χ0n) is 10.4. The third-order valence-electron chi connectivity index (χ3n) is 3.34. The van der Waals surface area contributed by atoms with Crippen LogP contribution in [0.5, 0.6) is 0 Å². The minimum atomic E-state index is -0.909. The summed E-state index contributed by atoms with van der Waals surface area (Å²) in [7, 11) is 0. The molecule has 1 saturated heterocycles. The topological polar surface area (TPSA) is 75.8 Å². The fourth-order valence-electron chi connectivity index (χ4n) is 2.43. The second-order valence-electron chi connectivity index (χ2n) is 4.86. The third kappa shape index (κ3) is 3.34. The van der Waals surface area contributed by atoms with E-state index in [1.165, 1.54) is 10.5 Å². The van der Waals surface area contributed by atoms with Crippen molar-refractivity contribution in [2.75, 3.05) is 19.8 Å². The van der Waals surface area contributed by atoms with Crippen LogP contribution in [0.1, 0.15) is 19.3 Å². The molecule has 0 aromatic rings. The van der Waals surface area contributed by atoms with Crippen molar-refractivity contribution >= 4 is 6.09 Å². The van der Waals surface area contributed by atoms with Crippen molar-refractivity contribution in [3.8, 4) is 0 Å². The summed E-state index contributed by atoms with van der Waals surface area (Å²) in [6.07, 6.45) is 8.29. The number of rotatable bonds is 4. The largest absolute Gasteiger partial charge is 0.465 e. The van der Waals surface area contributed by atoms with Crippen molar-refractivity contribution in [3.63, 3.8) is 0 Å². The normalized spacial score (nSPS) is 27.4. The molecule has 2 rings (SSSR count). The van der Waals surface area contributed by atoms with Crippen molar-refractivity contribution in [1.29, 1.82) is 0 Å². The first-order chi connectivity index (χ1) is 8.66. The highest BCUT2D eigenvalue weighted by Gasteiger charge is 2.33. The number of allylic oxidation sites excluding steroid dienone is 2. The van der Waals surface area contributed by atoms with Crippen LogP contribution in [0.4, 0.5) is 4.79 Å². The third-order valence-corrected chi connectivity index (χ3v) is 3.34. The van der Waals surface area contributed by atoms with Crippen LogP contribution >= 0.6 is 0 Å². The smallest absolute Gasteiger partial charge is 0.407 e. The lowest BCUT2D eigenvalue weighted by molar-refractivity contribution is 0.0837. The van der Waals surface area contributed by atoms with Gasteiger partial charge in [-0.2, -0.15) is 0 Å². The van der Waals surface area contributed by atoms with Gasteiger partial charge in [0.15, 0.2) is 0 Å². The summed E-state index contributed by atoms with van der Waals surface area (Å²) in [5.41, 5.74) is 6.96. The van der Waals surface area contributed by atoms with Crippen molar-refractivity contribution in [3.05, 3.63) is 23.8 Å². The molecule has 5 nitrogen and oxygen atoms in total. The maximum Gasteiger partial charge on any atom is 0.407 e. The number of hydrogen-bond donors (Lipinski definition) is 2. The molecule has 5 heteroatoms. The number of nitrogens with two attached hydrogens (primary N) is 1. The molecule has 1 aliphatic heterocycles. The van der Waals surface area contributed by atoms with E-state index < -0.39 is 6.09 Å². The van der Waals surface area contributed by atoms with E-state index in [1.807, 2.05) is 0 Å². The Balaban J connectivity index is 1.77.